The van der Waals surface area contributed by atoms with Crippen molar-refractivity contribution in [1.29, 1.82) is 0 Å². The summed E-state index contributed by atoms with van der Waals surface area (Å²) in [6, 6.07) is 0. The van der Waals surface area contributed by atoms with Gasteiger partial charge in [0.15, 0.2) is 0 Å². The van der Waals surface area contributed by atoms with Crippen LogP contribution in [0.4, 0.5) is 0 Å². The van der Waals surface area contributed by atoms with E-state index in [1.165, 1.54) is 0 Å². The third-order valence-electron chi connectivity index (χ3n) is 2.08. The molecule has 0 saturated carbocycles. The Labute approximate surface area is 114 Å². The molecule has 0 fully saturated rings. The summed E-state index contributed by atoms with van der Waals surface area (Å²) in [5, 5.41) is 21.3. The van der Waals surface area contributed by atoms with Gasteiger partial charge in [-0.05, 0) is 38.9 Å². The Morgan fingerprint density at radius 1 is 1.12 bits per heavy atom. The summed E-state index contributed by atoms with van der Waals surface area (Å²) in [5.74, 6) is -3.46. The number of carbonyl (C=O) groups excluding carboxylic acids is 1. The average molecular weight is 292 g/mol. The molecule has 0 aromatic heterocycles. The van der Waals surface area contributed by atoms with Crippen LogP contribution < -0.4 is 16.8 Å². The summed E-state index contributed by atoms with van der Waals surface area (Å²) in [6.07, 6.45) is 2.19. The van der Waals surface area contributed by atoms with Gasteiger partial charge in [0.25, 0.3) is 5.91 Å². The quantitative estimate of drug-likeness (QED) is 0.279. The molecule has 0 bridgehead atoms. The molecule has 0 unspecified atom stereocenters. The fourth-order valence-corrected chi connectivity index (χ4v) is 1.10. The molecule has 8 heteroatoms. The van der Waals surface area contributed by atoms with Crippen molar-refractivity contribution >= 4 is 30.7 Å². The number of rotatable bonds is 9. The maximum Gasteiger partial charge on any atom is 0.277 e. The minimum absolute atomic E-state index is 0. The van der Waals surface area contributed by atoms with Gasteiger partial charge in [0.2, 0.25) is 5.79 Å². The zero-order chi connectivity index (χ0) is 11.7. The van der Waals surface area contributed by atoms with Gasteiger partial charge in [-0.2, -0.15) is 0 Å². The summed E-state index contributed by atoms with van der Waals surface area (Å²) in [4.78, 5) is 10.5. The first kappa shape index (κ1) is 22.1. The summed E-state index contributed by atoms with van der Waals surface area (Å²) in [7, 11) is 0. The van der Waals surface area contributed by atoms with E-state index in [1.807, 2.05) is 0 Å². The zero-order valence-corrected chi connectivity index (χ0v) is 11.4. The van der Waals surface area contributed by atoms with Crippen LogP contribution >= 0.6 is 24.8 Å². The molecule has 0 aromatic rings. The van der Waals surface area contributed by atoms with Crippen LogP contribution in [0.25, 0.3) is 0 Å². The lowest BCUT2D eigenvalue weighted by atomic mass is 10.1. The Balaban J connectivity index is -0.000000980. The Morgan fingerprint density at radius 3 is 2.12 bits per heavy atom. The molecule has 7 N–H and O–H groups in total. The first-order valence-electron chi connectivity index (χ1n) is 5.16. The third kappa shape index (κ3) is 12.1. The minimum atomic E-state index is -2.36. The Kier molecular flexibility index (Phi) is 16.1. The Bertz CT molecular complexity index is 194. The maximum absolute atomic E-state index is 10.5. The number of hydrogen-bond acceptors (Lipinski definition) is 5. The van der Waals surface area contributed by atoms with E-state index in [-0.39, 0.29) is 31.2 Å². The molecule has 0 spiro atoms. The number of hydrogen-bond donors (Lipinski definition) is 5. The van der Waals surface area contributed by atoms with Crippen molar-refractivity contribution < 1.29 is 15.0 Å². The van der Waals surface area contributed by atoms with Crippen molar-refractivity contribution in [2.45, 2.75) is 31.5 Å². The predicted molar refractivity (Wildman–Crippen MR) is 71.3 cm³/mol. The molecule has 0 aliphatic rings. The van der Waals surface area contributed by atoms with Gasteiger partial charge < -0.3 is 27.0 Å². The van der Waals surface area contributed by atoms with E-state index in [9.17, 15) is 4.79 Å². The van der Waals surface area contributed by atoms with Crippen LogP contribution in [0.5, 0.6) is 0 Å². The lowest BCUT2D eigenvalue weighted by Gasteiger charge is -2.16. The number of unbranched alkanes of at least 4 members (excludes halogenated alkanes) is 1. The van der Waals surface area contributed by atoms with E-state index in [2.05, 4.69) is 5.32 Å². The van der Waals surface area contributed by atoms with Crippen LogP contribution in [0.15, 0.2) is 0 Å². The molecule has 0 aliphatic heterocycles. The molecule has 0 radical (unpaired) electrons. The first-order valence-corrected chi connectivity index (χ1v) is 5.16. The Morgan fingerprint density at radius 2 is 1.65 bits per heavy atom. The summed E-state index contributed by atoms with van der Waals surface area (Å²) >= 11 is 0. The first-order chi connectivity index (χ1) is 7.00. The van der Waals surface area contributed by atoms with Crippen molar-refractivity contribution in [3.8, 4) is 0 Å². The second kappa shape index (κ2) is 12.3. The van der Waals surface area contributed by atoms with E-state index in [4.69, 9.17) is 21.7 Å². The summed E-state index contributed by atoms with van der Waals surface area (Å²) < 4.78 is 0. The molecule has 0 rings (SSSR count). The lowest BCUT2D eigenvalue weighted by molar-refractivity contribution is -0.184. The van der Waals surface area contributed by atoms with Gasteiger partial charge in [-0.15, -0.1) is 24.8 Å². The van der Waals surface area contributed by atoms with Crippen LogP contribution in [0, 0.1) is 0 Å². The van der Waals surface area contributed by atoms with Crippen LogP contribution in [-0.4, -0.2) is 41.5 Å². The molecule has 106 valence electrons. The van der Waals surface area contributed by atoms with E-state index >= 15 is 0 Å². The number of primary amides is 1. The SMILES string of the molecule is Cl.Cl.NCCCNCCCCC(O)(O)C(N)=O. The number of nitrogens with one attached hydrogen (secondary N) is 1. The minimum Gasteiger partial charge on any atom is -0.365 e. The number of carbonyl (C=O) groups is 1. The van der Waals surface area contributed by atoms with Crippen molar-refractivity contribution in [2.75, 3.05) is 19.6 Å². The van der Waals surface area contributed by atoms with Gasteiger partial charge in [0, 0.05) is 6.42 Å². The van der Waals surface area contributed by atoms with Crippen molar-refractivity contribution in [3.63, 3.8) is 0 Å². The third-order valence-corrected chi connectivity index (χ3v) is 2.08. The molecule has 0 heterocycles. The molecule has 17 heavy (non-hydrogen) atoms. The largest absolute Gasteiger partial charge is 0.365 e. The topological polar surface area (TPSA) is 122 Å². The molecular formula is C9H23Cl2N3O3. The molecule has 0 saturated heterocycles. The van der Waals surface area contributed by atoms with Gasteiger partial charge >= 0.3 is 0 Å². The summed E-state index contributed by atoms with van der Waals surface area (Å²) in [5.41, 5.74) is 10.1. The van der Waals surface area contributed by atoms with Gasteiger partial charge in [-0.25, -0.2) is 0 Å². The normalized spacial score (nSPS) is 10.3. The number of nitrogens with two attached hydrogens (primary N) is 2. The zero-order valence-electron chi connectivity index (χ0n) is 9.72. The van der Waals surface area contributed by atoms with Crippen molar-refractivity contribution in [1.82, 2.24) is 5.32 Å². The highest BCUT2D eigenvalue weighted by atomic mass is 35.5. The standard InChI is InChI=1S/C9H21N3O3.2ClH/c10-5-3-7-12-6-2-1-4-9(14,15)8(11)13;;/h12,14-15H,1-7,10H2,(H2,11,13);2*1H. The van der Waals surface area contributed by atoms with E-state index < -0.39 is 11.7 Å². The highest BCUT2D eigenvalue weighted by Crippen LogP contribution is 2.09. The van der Waals surface area contributed by atoms with Crippen LogP contribution in [0.1, 0.15) is 25.7 Å². The second-order valence-electron chi connectivity index (χ2n) is 3.53. The predicted octanol–water partition coefficient (Wildman–Crippen LogP) is -0.895. The lowest BCUT2D eigenvalue weighted by Crippen LogP contribution is -2.43. The number of halogens is 2. The van der Waals surface area contributed by atoms with Gasteiger partial charge in [0.05, 0.1) is 0 Å². The molecule has 0 aliphatic carbocycles. The van der Waals surface area contributed by atoms with Gasteiger partial charge in [-0.3, -0.25) is 4.79 Å². The van der Waals surface area contributed by atoms with Crippen LogP contribution in [0.2, 0.25) is 0 Å². The maximum atomic E-state index is 10.5. The van der Waals surface area contributed by atoms with Crippen LogP contribution in [-0.2, 0) is 4.79 Å². The van der Waals surface area contributed by atoms with E-state index in [0.717, 1.165) is 25.9 Å². The number of aliphatic hydroxyl groups is 2. The monoisotopic (exact) mass is 291 g/mol. The van der Waals surface area contributed by atoms with Crippen LogP contribution in [0.3, 0.4) is 0 Å². The van der Waals surface area contributed by atoms with Crippen molar-refractivity contribution in [3.05, 3.63) is 0 Å². The molecular weight excluding hydrogens is 269 g/mol. The fourth-order valence-electron chi connectivity index (χ4n) is 1.10. The Hall–Kier alpha value is -0.110. The van der Waals surface area contributed by atoms with Gasteiger partial charge in [-0.1, -0.05) is 0 Å². The summed E-state index contributed by atoms with van der Waals surface area (Å²) in [6.45, 7) is 2.29. The molecule has 0 aromatic carbocycles. The number of amides is 1. The fraction of sp³-hybridized carbons (Fsp3) is 0.889. The smallest absolute Gasteiger partial charge is 0.277 e. The van der Waals surface area contributed by atoms with Gasteiger partial charge in [0.1, 0.15) is 0 Å². The van der Waals surface area contributed by atoms with E-state index in [1.54, 1.807) is 0 Å². The molecule has 1 amide bonds. The highest BCUT2D eigenvalue weighted by molar-refractivity contribution is 5.85. The average Bonchev–Trinajstić information content (AvgIpc) is 2.16. The highest BCUT2D eigenvalue weighted by Gasteiger charge is 2.29. The van der Waals surface area contributed by atoms with Crippen molar-refractivity contribution in [2.24, 2.45) is 11.5 Å². The second-order valence-corrected chi connectivity index (χ2v) is 3.53. The molecule has 6 nitrogen and oxygen atoms in total. The molecule has 0 atom stereocenters. The van der Waals surface area contributed by atoms with E-state index in [0.29, 0.717) is 13.0 Å².